The molecule has 1 heterocycles. The SMILES string of the molecule is COC=C(COc1nn(-c2ccc(F)c(C(F)(F)F)c2)cc1Cl)C(=O)OC. The van der Waals surface area contributed by atoms with Crippen molar-refractivity contribution in [3.05, 3.63) is 52.6 Å². The second kappa shape index (κ2) is 8.30. The van der Waals surface area contributed by atoms with Gasteiger partial charge in [0.05, 0.1) is 37.9 Å². The molecule has 0 fully saturated rings. The van der Waals surface area contributed by atoms with Gasteiger partial charge in [-0.15, -0.1) is 5.10 Å². The van der Waals surface area contributed by atoms with Gasteiger partial charge in [-0.1, -0.05) is 11.6 Å². The van der Waals surface area contributed by atoms with Crippen LogP contribution in [0, 0.1) is 5.82 Å². The molecular formula is C16H13ClF4N2O4. The highest BCUT2D eigenvalue weighted by atomic mass is 35.5. The maximum atomic E-state index is 13.4. The van der Waals surface area contributed by atoms with E-state index in [9.17, 15) is 22.4 Å². The van der Waals surface area contributed by atoms with Crippen LogP contribution < -0.4 is 4.74 Å². The molecule has 0 saturated carbocycles. The number of nitrogens with zero attached hydrogens (tertiary/aromatic N) is 2. The van der Waals surface area contributed by atoms with E-state index in [1.165, 1.54) is 20.4 Å². The van der Waals surface area contributed by atoms with E-state index in [4.69, 9.17) is 21.1 Å². The van der Waals surface area contributed by atoms with Gasteiger partial charge in [0.2, 0.25) is 0 Å². The molecule has 0 bridgehead atoms. The number of carbonyl (C=O) groups excluding carboxylic acids is 1. The largest absolute Gasteiger partial charge is 0.504 e. The van der Waals surface area contributed by atoms with Crippen LogP contribution in [0.3, 0.4) is 0 Å². The van der Waals surface area contributed by atoms with Gasteiger partial charge < -0.3 is 14.2 Å². The molecule has 146 valence electrons. The van der Waals surface area contributed by atoms with E-state index < -0.39 is 23.5 Å². The van der Waals surface area contributed by atoms with Gasteiger partial charge in [-0.2, -0.15) is 13.2 Å². The first-order valence-corrected chi connectivity index (χ1v) is 7.60. The van der Waals surface area contributed by atoms with Gasteiger partial charge in [0.1, 0.15) is 23.0 Å². The first kappa shape index (κ1) is 20.6. The Morgan fingerprint density at radius 1 is 1.33 bits per heavy atom. The molecule has 6 nitrogen and oxygen atoms in total. The molecule has 11 heteroatoms. The van der Waals surface area contributed by atoms with Crippen molar-refractivity contribution in [2.75, 3.05) is 20.8 Å². The topological polar surface area (TPSA) is 62.6 Å². The van der Waals surface area contributed by atoms with Crippen molar-refractivity contribution in [1.29, 1.82) is 0 Å². The van der Waals surface area contributed by atoms with E-state index in [1.54, 1.807) is 0 Å². The fourth-order valence-electron chi connectivity index (χ4n) is 2.00. The third kappa shape index (κ3) is 4.91. The van der Waals surface area contributed by atoms with Crippen molar-refractivity contribution in [3.63, 3.8) is 0 Å². The van der Waals surface area contributed by atoms with Gasteiger partial charge in [0, 0.05) is 0 Å². The number of methoxy groups -OCH3 is 2. The fourth-order valence-corrected chi connectivity index (χ4v) is 2.19. The van der Waals surface area contributed by atoms with E-state index >= 15 is 0 Å². The van der Waals surface area contributed by atoms with E-state index in [-0.39, 0.29) is 28.8 Å². The van der Waals surface area contributed by atoms with Gasteiger partial charge in [-0.25, -0.2) is 13.9 Å². The molecule has 0 N–H and O–H groups in total. The first-order valence-electron chi connectivity index (χ1n) is 7.22. The Morgan fingerprint density at radius 2 is 2.04 bits per heavy atom. The monoisotopic (exact) mass is 408 g/mol. The average Bonchev–Trinajstić information content (AvgIpc) is 2.98. The van der Waals surface area contributed by atoms with Crippen LogP contribution in [0.2, 0.25) is 5.02 Å². The second-order valence-electron chi connectivity index (χ2n) is 5.05. The number of esters is 1. The van der Waals surface area contributed by atoms with Crippen LogP contribution in [-0.2, 0) is 20.4 Å². The van der Waals surface area contributed by atoms with Crippen LogP contribution in [0.5, 0.6) is 5.88 Å². The zero-order valence-corrected chi connectivity index (χ0v) is 14.8. The van der Waals surface area contributed by atoms with Crippen LogP contribution in [0.4, 0.5) is 17.6 Å². The summed E-state index contributed by atoms with van der Waals surface area (Å²) < 4.78 is 67.5. The summed E-state index contributed by atoms with van der Waals surface area (Å²) in [5, 5.41) is 3.87. The summed E-state index contributed by atoms with van der Waals surface area (Å²) in [6.07, 6.45) is -2.58. The maximum Gasteiger partial charge on any atom is 0.419 e. The summed E-state index contributed by atoms with van der Waals surface area (Å²) in [6.45, 7) is -0.311. The molecule has 2 aromatic rings. The third-order valence-corrected chi connectivity index (χ3v) is 3.49. The lowest BCUT2D eigenvalue weighted by molar-refractivity contribution is -0.140. The first-order chi connectivity index (χ1) is 12.7. The van der Waals surface area contributed by atoms with Crippen LogP contribution in [0.15, 0.2) is 36.2 Å². The second-order valence-corrected chi connectivity index (χ2v) is 5.45. The zero-order chi connectivity index (χ0) is 20.2. The Hall–Kier alpha value is -2.75. The number of carbonyl (C=O) groups is 1. The summed E-state index contributed by atoms with van der Waals surface area (Å²) in [5.74, 6) is -2.27. The molecule has 0 aliphatic carbocycles. The molecular weight excluding hydrogens is 396 g/mol. The van der Waals surface area contributed by atoms with E-state index in [1.807, 2.05) is 0 Å². The van der Waals surface area contributed by atoms with E-state index in [0.29, 0.717) is 12.1 Å². The zero-order valence-electron chi connectivity index (χ0n) is 14.0. The van der Waals surface area contributed by atoms with Crippen molar-refractivity contribution in [3.8, 4) is 11.6 Å². The summed E-state index contributed by atoms with van der Waals surface area (Å²) >= 11 is 5.96. The predicted octanol–water partition coefficient (Wildman–Crippen LogP) is 3.77. The number of hydrogen-bond acceptors (Lipinski definition) is 5. The van der Waals surface area contributed by atoms with Crippen molar-refractivity contribution in [1.82, 2.24) is 9.78 Å². The van der Waals surface area contributed by atoms with Crippen LogP contribution in [-0.4, -0.2) is 36.6 Å². The van der Waals surface area contributed by atoms with Gasteiger partial charge in [-0.3, -0.25) is 0 Å². The molecule has 1 aromatic heterocycles. The lowest BCUT2D eigenvalue weighted by Crippen LogP contribution is -2.13. The lowest BCUT2D eigenvalue weighted by atomic mass is 10.2. The van der Waals surface area contributed by atoms with Crippen LogP contribution >= 0.6 is 11.6 Å². The molecule has 0 amide bonds. The number of benzene rings is 1. The summed E-state index contributed by atoms with van der Waals surface area (Å²) in [6, 6.07) is 2.36. The molecule has 27 heavy (non-hydrogen) atoms. The molecule has 1 aromatic carbocycles. The average molecular weight is 409 g/mol. The number of halogens is 5. The maximum absolute atomic E-state index is 13.4. The number of ether oxygens (including phenoxy) is 3. The van der Waals surface area contributed by atoms with Crippen LogP contribution in [0.1, 0.15) is 5.56 Å². The molecule has 0 aliphatic heterocycles. The number of hydrogen-bond donors (Lipinski definition) is 0. The normalized spacial score (nSPS) is 12.0. The lowest BCUT2D eigenvalue weighted by Gasteiger charge is -2.10. The third-order valence-electron chi connectivity index (χ3n) is 3.23. The van der Waals surface area contributed by atoms with Crippen molar-refractivity contribution < 1.29 is 36.6 Å². The van der Waals surface area contributed by atoms with E-state index in [2.05, 4.69) is 9.84 Å². The highest BCUT2D eigenvalue weighted by molar-refractivity contribution is 6.31. The fraction of sp³-hybridized carbons (Fsp3) is 0.250. The van der Waals surface area contributed by atoms with Crippen molar-refractivity contribution in [2.45, 2.75) is 6.18 Å². The van der Waals surface area contributed by atoms with Crippen molar-refractivity contribution >= 4 is 17.6 Å². The molecule has 0 unspecified atom stereocenters. The highest BCUT2D eigenvalue weighted by Gasteiger charge is 2.34. The Labute approximate surface area is 155 Å². The van der Waals surface area contributed by atoms with Gasteiger partial charge in [0.25, 0.3) is 5.88 Å². The van der Waals surface area contributed by atoms with Crippen molar-refractivity contribution in [2.24, 2.45) is 0 Å². The molecule has 2 rings (SSSR count). The predicted molar refractivity (Wildman–Crippen MR) is 86.1 cm³/mol. The van der Waals surface area contributed by atoms with Gasteiger partial charge in [-0.05, 0) is 18.2 Å². The minimum absolute atomic E-state index is 0.0201. The molecule has 0 saturated heterocycles. The smallest absolute Gasteiger partial charge is 0.419 e. The standard InChI is InChI=1S/C16H13ClF4N2O4/c1-25-7-9(15(24)26-2)8-27-14-12(17)6-23(22-14)10-3-4-13(18)11(5-10)16(19,20)21/h3-7H,8H2,1-2H3. The summed E-state index contributed by atoms with van der Waals surface area (Å²) in [5.41, 5.74) is -1.50. The highest BCUT2D eigenvalue weighted by Crippen LogP contribution is 2.33. The molecule has 0 atom stereocenters. The van der Waals surface area contributed by atoms with Crippen LogP contribution in [0.25, 0.3) is 5.69 Å². The van der Waals surface area contributed by atoms with E-state index in [0.717, 1.165) is 17.0 Å². The number of rotatable bonds is 6. The minimum atomic E-state index is -4.86. The van der Waals surface area contributed by atoms with Gasteiger partial charge >= 0.3 is 12.1 Å². The quantitative estimate of drug-likeness (QED) is 0.315. The number of aromatic nitrogens is 2. The minimum Gasteiger partial charge on any atom is -0.504 e. The Balaban J connectivity index is 2.27. The van der Waals surface area contributed by atoms with Gasteiger partial charge in [0.15, 0.2) is 0 Å². The number of alkyl halides is 3. The Bertz CT molecular complexity index is 865. The molecule has 0 radical (unpaired) electrons. The Kier molecular flexibility index (Phi) is 6.32. The molecule has 0 aliphatic rings. The molecule has 0 spiro atoms. The summed E-state index contributed by atoms with van der Waals surface area (Å²) in [4.78, 5) is 11.5. The summed E-state index contributed by atoms with van der Waals surface area (Å²) in [7, 11) is 2.48. The Morgan fingerprint density at radius 3 is 2.63 bits per heavy atom.